The number of rotatable bonds is 4. The Bertz CT molecular complexity index is 534. The summed E-state index contributed by atoms with van der Waals surface area (Å²) >= 11 is 5.88. The average Bonchev–Trinajstić information content (AvgIpc) is 2.95. The molecule has 1 saturated heterocycles. The highest BCUT2D eigenvalue weighted by molar-refractivity contribution is 6.30. The molecule has 0 N–H and O–H groups in total. The average molecular weight is 312 g/mol. The molecule has 114 valence electrons. The van der Waals surface area contributed by atoms with E-state index in [0.29, 0.717) is 23.7 Å². The number of methoxy groups -OCH3 is 1. The molecule has 0 aliphatic carbocycles. The van der Waals surface area contributed by atoms with Gasteiger partial charge in [0.1, 0.15) is 11.8 Å². The van der Waals surface area contributed by atoms with Gasteiger partial charge in [-0.1, -0.05) is 17.7 Å². The Kier molecular flexibility index (Phi) is 5.07. The molecule has 1 aliphatic heterocycles. The van der Waals surface area contributed by atoms with E-state index in [1.165, 1.54) is 12.0 Å². The van der Waals surface area contributed by atoms with Crippen molar-refractivity contribution in [2.45, 2.75) is 31.9 Å². The van der Waals surface area contributed by atoms with E-state index in [4.69, 9.17) is 21.1 Å². The van der Waals surface area contributed by atoms with Crippen LogP contribution in [0.4, 0.5) is 0 Å². The number of carbonyl (C=O) groups excluding carboxylic acids is 2. The Morgan fingerprint density at radius 3 is 2.86 bits per heavy atom. The Morgan fingerprint density at radius 2 is 2.19 bits per heavy atom. The summed E-state index contributed by atoms with van der Waals surface area (Å²) in [4.78, 5) is 25.6. The second kappa shape index (κ2) is 6.80. The maximum atomic E-state index is 12.4. The van der Waals surface area contributed by atoms with Crippen molar-refractivity contribution in [3.63, 3.8) is 0 Å². The van der Waals surface area contributed by atoms with Crippen molar-refractivity contribution in [1.82, 2.24) is 4.90 Å². The van der Waals surface area contributed by atoms with E-state index >= 15 is 0 Å². The van der Waals surface area contributed by atoms with E-state index in [2.05, 4.69) is 0 Å². The summed E-state index contributed by atoms with van der Waals surface area (Å²) < 4.78 is 10.3. The molecule has 0 radical (unpaired) electrons. The van der Waals surface area contributed by atoms with E-state index in [1.807, 2.05) is 0 Å². The topological polar surface area (TPSA) is 55.8 Å². The molecule has 1 aromatic carbocycles. The predicted molar refractivity (Wildman–Crippen MR) is 78.3 cm³/mol. The highest BCUT2D eigenvalue weighted by Gasteiger charge is 2.37. The minimum absolute atomic E-state index is 0.220. The van der Waals surface area contributed by atoms with Gasteiger partial charge in [0.15, 0.2) is 6.10 Å². The highest BCUT2D eigenvalue weighted by Crippen LogP contribution is 2.22. The van der Waals surface area contributed by atoms with E-state index < -0.39 is 12.1 Å². The molecule has 2 rings (SSSR count). The van der Waals surface area contributed by atoms with Crippen molar-refractivity contribution in [1.29, 1.82) is 0 Å². The van der Waals surface area contributed by atoms with Gasteiger partial charge >= 0.3 is 5.97 Å². The Hall–Kier alpha value is -1.75. The van der Waals surface area contributed by atoms with E-state index in [1.54, 1.807) is 31.2 Å². The normalized spacial score (nSPS) is 19.2. The van der Waals surface area contributed by atoms with Crippen molar-refractivity contribution in [2.24, 2.45) is 0 Å². The van der Waals surface area contributed by atoms with Gasteiger partial charge in [0, 0.05) is 11.6 Å². The Balaban J connectivity index is 2.03. The number of hydrogen-bond donors (Lipinski definition) is 0. The van der Waals surface area contributed by atoms with Crippen molar-refractivity contribution in [3.8, 4) is 5.75 Å². The summed E-state index contributed by atoms with van der Waals surface area (Å²) in [5, 5.41) is 0.542. The van der Waals surface area contributed by atoms with E-state index in [9.17, 15) is 9.59 Å². The lowest BCUT2D eigenvalue weighted by atomic mass is 10.2. The monoisotopic (exact) mass is 311 g/mol. The van der Waals surface area contributed by atoms with Crippen LogP contribution in [-0.2, 0) is 14.3 Å². The number of likely N-dealkylation sites (tertiary alicyclic amines) is 1. The van der Waals surface area contributed by atoms with Gasteiger partial charge in [-0.2, -0.15) is 0 Å². The number of amides is 1. The molecular formula is C15H18ClNO4. The van der Waals surface area contributed by atoms with Crippen LogP contribution in [0.3, 0.4) is 0 Å². The number of carbonyl (C=O) groups is 2. The largest absolute Gasteiger partial charge is 0.481 e. The Labute approximate surface area is 128 Å². The molecule has 5 nitrogen and oxygen atoms in total. The molecule has 21 heavy (non-hydrogen) atoms. The zero-order valence-corrected chi connectivity index (χ0v) is 12.8. The fourth-order valence-corrected chi connectivity index (χ4v) is 2.62. The summed E-state index contributed by atoms with van der Waals surface area (Å²) in [7, 11) is 1.33. The number of esters is 1. The number of halogens is 1. The molecule has 1 aromatic rings. The van der Waals surface area contributed by atoms with Crippen molar-refractivity contribution < 1.29 is 19.1 Å². The van der Waals surface area contributed by atoms with E-state index in [0.717, 1.165) is 6.42 Å². The van der Waals surface area contributed by atoms with Crippen LogP contribution < -0.4 is 4.74 Å². The first kappa shape index (κ1) is 15.6. The molecule has 0 spiro atoms. The molecule has 1 aliphatic rings. The van der Waals surface area contributed by atoms with Gasteiger partial charge in [-0.05, 0) is 38.0 Å². The lowest BCUT2D eigenvalue weighted by molar-refractivity contribution is -0.153. The van der Waals surface area contributed by atoms with Gasteiger partial charge in [-0.15, -0.1) is 0 Å². The smallest absolute Gasteiger partial charge is 0.328 e. The van der Waals surface area contributed by atoms with Gasteiger partial charge in [-0.3, -0.25) is 4.79 Å². The molecule has 1 fully saturated rings. The summed E-state index contributed by atoms with van der Waals surface area (Å²) in [5.74, 6) is -0.0733. The number of hydrogen-bond acceptors (Lipinski definition) is 4. The third kappa shape index (κ3) is 3.67. The van der Waals surface area contributed by atoms with Gasteiger partial charge in [-0.25, -0.2) is 4.79 Å². The Morgan fingerprint density at radius 1 is 1.43 bits per heavy atom. The second-order valence-corrected chi connectivity index (χ2v) is 5.37. The summed E-state index contributed by atoms with van der Waals surface area (Å²) in [5.41, 5.74) is 0. The fourth-order valence-electron chi connectivity index (χ4n) is 2.44. The minimum atomic E-state index is -0.686. The minimum Gasteiger partial charge on any atom is -0.481 e. The zero-order valence-electron chi connectivity index (χ0n) is 12.0. The van der Waals surface area contributed by atoms with Crippen LogP contribution in [0.2, 0.25) is 5.02 Å². The standard InChI is InChI=1S/C15H18ClNO4/c1-10(21-12-6-3-5-11(16)9-12)14(18)17-8-4-7-13(17)15(19)20-2/h3,5-6,9-10,13H,4,7-8H2,1-2H3. The first-order valence-corrected chi connectivity index (χ1v) is 7.21. The number of nitrogens with zero attached hydrogens (tertiary/aromatic N) is 1. The van der Waals surface area contributed by atoms with Crippen LogP contribution in [-0.4, -0.2) is 42.6 Å². The molecule has 6 heteroatoms. The molecule has 2 atom stereocenters. The SMILES string of the molecule is COC(=O)C1CCCN1C(=O)C(C)Oc1cccc(Cl)c1. The van der Waals surface area contributed by atoms with E-state index in [-0.39, 0.29) is 11.9 Å². The van der Waals surface area contributed by atoms with Crippen molar-refractivity contribution in [3.05, 3.63) is 29.3 Å². The highest BCUT2D eigenvalue weighted by atomic mass is 35.5. The first-order chi connectivity index (χ1) is 10.0. The quantitative estimate of drug-likeness (QED) is 0.800. The van der Waals surface area contributed by atoms with Crippen LogP contribution >= 0.6 is 11.6 Å². The van der Waals surface area contributed by atoms with Crippen LogP contribution in [0.5, 0.6) is 5.75 Å². The third-order valence-corrected chi connectivity index (χ3v) is 3.70. The van der Waals surface area contributed by atoms with Crippen molar-refractivity contribution in [2.75, 3.05) is 13.7 Å². The molecular weight excluding hydrogens is 294 g/mol. The van der Waals surface area contributed by atoms with Gasteiger partial charge in [0.25, 0.3) is 5.91 Å². The maximum Gasteiger partial charge on any atom is 0.328 e. The molecule has 0 aromatic heterocycles. The molecule has 1 heterocycles. The number of benzene rings is 1. The summed E-state index contributed by atoms with van der Waals surface area (Å²) in [6.07, 6.45) is 0.728. The zero-order chi connectivity index (χ0) is 15.4. The summed E-state index contributed by atoms with van der Waals surface area (Å²) in [6, 6.07) is 6.36. The lowest BCUT2D eigenvalue weighted by Gasteiger charge is -2.26. The van der Waals surface area contributed by atoms with Gasteiger partial charge in [0.05, 0.1) is 7.11 Å². The molecule has 0 saturated carbocycles. The van der Waals surface area contributed by atoms with Gasteiger partial charge < -0.3 is 14.4 Å². The molecule has 0 bridgehead atoms. The van der Waals surface area contributed by atoms with Crippen molar-refractivity contribution >= 4 is 23.5 Å². The summed E-state index contributed by atoms with van der Waals surface area (Å²) in [6.45, 7) is 2.21. The lowest BCUT2D eigenvalue weighted by Crippen LogP contribution is -2.46. The second-order valence-electron chi connectivity index (χ2n) is 4.93. The van der Waals surface area contributed by atoms with Gasteiger partial charge in [0.2, 0.25) is 0 Å². The predicted octanol–water partition coefficient (Wildman–Crippen LogP) is 2.27. The fraction of sp³-hybridized carbons (Fsp3) is 0.467. The third-order valence-electron chi connectivity index (χ3n) is 3.47. The van der Waals surface area contributed by atoms with Crippen LogP contribution in [0.15, 0.2) is 24.3 Å². The number of ether oxygens (including phenoxy) is 2. The maximum absolute atomic E-state index is 12.4. The van der Waals surface area contributed by atoms with Crippen LogP contribution in [0.1, 0.15) is 19.8 Å². The molecule has 1 amide bonds. The van der Waals surface area contributed by atoms with Crippen LogP contribution in [0.25, 0.3) is 0 Å². The molecule has 2 unspecified atom stereocenters. The first-order valence-electron chi connectivity index (χ1n) is 6.83. The van der Waals surface area contributed by atoms with Crippen LogP contribution in [0, 0.1) is 0 Å².